The molecular formula is C30H31F3N6O3. The van der Waals surface area contributed by atoms with Crippen molar-refractivity contribution in [3.05, 3.63) is 83.2 Å². The van der Waals surface area contributed by atoms with Crippen molar-refractivity contribution in [2.24, 2.45) is 0 Å². The summed E-state index contributed by atoms with van der Waals surface area (Å²) >= 11 is 0. The fourth-order valence-electron chi connectivity index (χ4n) is 5.10. The first kappa shape index (κ1) is 30.5. The number of allylic oxidation sites excluding steroid dienone is 2. The second kappa shape index (κ2) is 13.9. The molecule has 0 saturated carbocycles. The number of likely N-dealkylation sites (tertiary alicyclic amines) is 1. The molecule has 3 heterocycles. The van der Waals surface area contributed by atoms with Crippen LogP contribution < -0.4 is 5.32 Å². The Balaban J connectivity index is 0.000000517. The maximum Gasteiger partial charge on any atom is 0.490 e. The van der Waals surface area contributed by atoms with Crippen LogP contribution in [0, 0.1) is 11.3 Å². The molecule has 3 aromatic rings. The number of rotatable bonds is 6. The van der Waals surface area contributed by atoms with Gasteiger partial charge in [-0.15, -0.1) is 0 Å². The molecule has 1 amide bonds. The average molecular weight is 581 g/mol. The van der Waals surface area contributed by atoms with Crippen molar-refractivity contribution in [2.45, 2.75) is 57.2 Å². The summed E-state index contributed by atoms with van der Waals surface area (Å²) in [4.78, 5) is 35.5. The standard InChI is InChI=1S/C28H30N6O.C2HF3O2/c29-17-24-18-31-27(32-24)28(35)33-26-10-9-22(16-25(26)21-6-2-1-3-7-21)20-11-14-34(15-12-20)19-23-8-4-5-13-30-23;3-2(4,5)1(6)7/h4-6,8-10,13,16,18,20H,1-3,7,11-12,14-15,19H2,(H,31,32)(H,33,35);(H,6,7). The number of hydrogen-bond donors (Lipinski definition) is 3. The molecule has 0 unspecified atom stereocenters. The van der Waals surface area contributed by atoms with Crippen LogP contribution in [0.15, 0.2) is 54.9 Å². The first-order valence-electron chi connectivity index (χ1n) is 13.7. The number of carbonyl (C=O) groups excluding carboxylic acids is 1. The molecule has 2 aliphatic rings. The SMILES string of the molecule is N#Cc1c[nH]c(C(=O)Nc2ccc(C3CCN(Cc4ccccn4)CC3)cc2C2=CCCCC2)n1.O=C(O)C(F)(F)F. The first-order chi connectivity index (χ1) is 20.1. The monoisotopic (exact) mass is 580 g/mol. The topological polar surface area (TPSA) is 135 Å². The third kappa shape index (κ3) is 8.27. The van der Waals surface area contributed by atoms with Crippen molar-refractivity contribution in [2.75, 3.05) is 18.4 Å². The van der Waals surface area contributed by atoms with Gasteiger partial charge in [0.15, 0.2) is 11.5 Å². The summed E-state index contributed by atoms with van der Waals surface area (Å²) in [6, 6.07) is 14.5. The molecule has 1 aliphatic heterocycles. The lowest BCUT2D eigenvalue weighted by atomic mass is 9.85. The van der Waals surface area contributed by atoms with E-state index in [1.807, 2.05) is 30.5 Å². The molecule has 0 bridgehead atoms. The molecule has 42 heavy (non-hydrogen) atoms. The minimum atomic E-state index is -5.08. The van der Waals surface area contributed by atoms with Crippen LogP contribution in [0.3, 0.4) is 0 Å². The Morgan fingerprint density at radius 2 is 1.93 bits per heavy atom. The van der Waals surface area contributed by atoms with E-state index in [9.17, 15) is 18.0 Å². The summed E-state index contributed by atoms with van der Waals surface area (Å²) in [5.74, 6) is -2.44. The van der Waals surface area contributed by atoms with Crippen LogP contribution in [-0.4, -0.2) is 56.1 Å². The number of anilines is 1. The smallest absolute Gasteiger partial charge is 0.475 e. The maximum atomic E-state index is 12.8. The van der Waals surface area contributed by atoms with Gasteiger partial charge < -0.3 is 15.4 Å². The summed E-state index contributed by atoms with van der Waals surface area (Å²) in [6.07, 6.45) is 7.23. The maximum absolute atomic E-state index is 12.8. The van der Waals surface area contributed by atoms with Crippen LogP contribution in [0.1, 0.15) is 77.6 Å². The molecule has 1 aliphatic carbocycles. The Labute approximate surface area is 241 Å². The van der Waals surface area contributed by atoms with Gasteiger partial charge in [0.2, 0.25) is 0 Å². The van der Waals surface area contributed by atoms with Crippen molar-refractivity contribution in [3.63, 3.8) is 0 Å². The summed E-state index contributed by atoms with van der Waals surface area (Å²) < 4.78 is 31.7. The third-order valence-electron chi connectivity index (χ3n) is 7.25. The number of nitrogens with one attached hydrogen (secondary N) is 2. The molecule has 220 valence electrons. The lowest BCUT2D eigenvalue weighted by Crippen LogP contribution is -2.32. The zero-order valence-corrected chi connectivity index (χ0v) is 22.8. The lowest BCUT2D eigenvalue weighted by molar-refractivity contribution is -0.192. The van der Waals surface area contributed by atoms with E-state index in [0.717, 1.165) is 62.3 Å². The zero-order valence-electron chi connectivity index (χ0n) is 22.8. The molecule has 9 nitrogen and oxygen atoms in total. The number of carboxylic acids is 1. The number of nitrogens with zero attached hydrogens (tertiary/aromatic N) is 4. The number of pyridine rings is 1. The zero-order chi connectivity index (χ0) is 30.1. The summed E-state index contributed by atoms with van der Waals surface area (Å²) in [5.41, 5.74) is 5.88. The van der Waals surface area contributed by atoms with Gasteiger partial charge in [0.25, 0.3) is 5.91 Å². The molecule has 0 spiro atoms. The van der Waals surface area contributed by atoms with Gasteiger partial charge in [-0.1, -0.05) is 18.2 Å². The number of nitriles is 1. The van der Waals surface area contributed by atoms with Gasteiger partial charge >= 0.3 is 12.1 Å². The highest BCUT2D eigenvalue weighted by Crippen LogP contribution is 2.36. The second-order valence-corrected chi connectivity index (χ2v) is 10.2. The highest BCUT2D eigenvalue weighted by Gasteiger charge is 2.38. The van der Waals surface area contributed by atoms with Gasteiger partial charge in [0.1, 0.15) is 6.07 Å². The van der Waals surface area contributed by atoms with Gasteiger partial charge in [-0.2, -0.15) is 18.4 Å². The molecule has 1 aromatic carbocycles. The minimum absolute atomic E-state index is 0.148. The predicted octanol–water partition coefficient (Wildman–Crippen LogP) is 5.90. The van der Waals surface area contributed by atoms with E-state index >= 15 is 0 Å². The first-order valence-corrected chi connectivity index (χ1v) is 13.7. The number of carbonyl (C=O) groups is 2. The largest absolute Gasteiger partial charge is 0.490 e. The van der Waals surface area contributed by atoms with Crippen molar-refractivity contribution in [1.82, 2.24) is 19.9 Å². The van der Waals surface area contributed by atoms with Crippen molar-refractivity contribution in [1.29, 1.82) is 5.26 Å². The van der Waals surface area contributed by atoms with Crippen molar-refractivity contribution >= 4 is 23.1 Å². The predicted molar refractivity (Wildman–Crippen MR) is 149 cm³/mol. The van der Waals surface area contributed by atoms with Crippen LogP contribution in [0.5, 0.6) is 0 Å². The minimum Gasteiger partial charge on any atom is -0.475 e. The third-order valence-corrected chi connectivity index (χ3v) is 7.25. The quantitative estimate of drug-likeness (QED) is 0.330. The van der Waals surface area contributed by atoms with E-state index < -0.39 is 12.1 Å². The number of piperidine rings is 1. The molecule has 1 saturated heterocycles. The fraction of sp³-hybridized carbons (Fsp3) is 0.367. The van der Waals surface area contributed by atoms with Crippen LogP contribution >= 0.6 is 0 Å². The number of aromatic amines is 1. The Morgan fingerprint density at radius 1 is 1.17 bits per heavy atom. The van der Waals surface area contributed by atoms with Crippen LogP contribution in [0.4, 0.5) is 18.9 Å². The second-order valence-electron chi connectivity index (χ2n) is 10.2. The molecule has 3 N–H and O–H groups in total. The number of H-pyrrole nitrogens is 1. The molecule has 0 atom stereocenters. The van der Waals surface area contributed by atoms with Crippen molar-refractivity contribution in [3.8, 4) is 6.07 Å². The van der Waals surface area contributed by atoms with E-state index in [-0.39, 0.29) is 17.4 Å². The van der Waals surface area contributed by atoms with Gasteiger partial charge in [-0.3, -0.25) is 14.7 Å². The van der Waals surface area contributed by atoms with E-state index in [2.05, 4.69) is 49.4 Å². The number of aromatic nitrogens is 3. The van der Waals surface area contributed by atoms with Crippen LogP contribution in [-0.2, 0) is 11.3 Å². The van der Waals surface area contributed by atoms with Gasteiger partial charge in [0.05, 0.1) is 5.69 Å². The molecule has 5 rings (SSSR count). The van der Waals surface area contributed by atoms with Crippen LogP contribution in [0.2, 0.25) is 0 Å². The lowest BCUT2D eigenvalue weighted by Gasteiger charge is -2.32. The molecular weight excluding hydrogens is 549 g/mol. The van der Waals surface area contributed by atoms with Gasteiger partial charge in [0, 0.05) is 30.2 Å². The Bertz CT molecular complexity index is 1450. The number of aliphatic carboxylic acids is 1. The number of amides is 1. The average Bonchev–Trinajstić information content (AvgIpc) is 3.49. The Kier molecular flexibility index (Phi) is 10.1. The molecule has 1 fully saturated rings. The van der Waals surface area contributed by atoms with Crippen LogP contribution in [0.25, 0.3) is 5.57 Å². The summed E-state index contributed by atoms with van der Waals surface area (Å²) in [7, 11) is 0. The highest BCUT2D eigenvalue weighted by atomic mass is 19.4. The number of carboxylic acid groups (broad SMARTS) is 1. The fourth-order valence-corrected chi connectivity index (χ4v) is 5.10. The van der Waals surface area contributed by atoms with E-state index in [4.69, 9.17) is 15.2 Å². The Hall–Kier alpha value is -4.50. The highest BCUT2D eigenvalue weighted by molar-refractivity contribution is 6.03. The van der Waals surface area contributed by atoms with Gasteiger partial charge in [-0.25, -0.2) is 9.78 Å². The van der Waals surface area contributed by atoms with E-state index in [1.165, 1.54) is 30.2 Å². The number of benzene rings is 1. The Morgan fingerprint density at radius 3 is 2.52 bits per heavy atom. The summed E-state index contributed by atoms with van der Waals surface area (Å²) in [6.45, 7) is 3.01. The molecule has 0 radical (unpaired) electrons. The normalized spacial score (nSPS) is 16.0. The number of halogens is 3. The summed E-state index contributed by atoms with van der Waals surface area (Å²) in [5, 5.41) is 19.2. The van der Waals surface area contributed by atoms with Gasteiger partial charge in [-0.05, 0) is 92.9 Å². The van der Waals surface area contributed by atoms with E-state index in [1.54, 1.807) is 0 Å². The number of alkyl halides is 3. The number of hydrogen-bond acceptors (Lipinski definition) is 6. The molecule has 2 aromatic heterocycles. The number of imidazole rings is 1. The molecule has 12 heteroatoms. The van der Waals surface area contributed by atoms with E-state index in [0.29, 0.717) is 5.92 Å². The van der Waals surface area contributed by atoms with Crippen molar-refractivity contribution < 1.29 is 27.9 Å².